The molecule has 0 saturated carbocycles. The maximum atomic E-state index is 12.8. The fourth-order valence-corrected chi connectivity index (χ4v) is 2.96. The van der Waals surface area contributed by atoms with Crippen molar-refractivity contribution >= 4 is 17.0 Å². The number of ether oxygens (including phenoxy) is 1. The Bertz CT molecular complexity index is 717. The fraction of sp³-hybridized carbons (Fsp3) is 0.588. The van der Waals surface area contributed by atoms with Crippen molar-refractivity contribution in [3.63, 3.8) is 0 Å². The molecule has 0 spiro atoms. The molecule has 0 bridgehead atoms. The van der Waals surface area contributed by atoms with Crippen LogP contribution in [0.15, 0.2) is 10.6 Å². The number of hydrogen-bond donors (Lipinski definition) is 1. The molecule has 0 aromatic carbocycles. The zero-order valence-electron chi connectivity index (χ0n) is 14.0. The third-order valence-electron chi connectivity index (χ3n) is 4.35. The third-order valence-corrected chi connectivity index (χ3v) is 4.35. The van der Waals surface area contributed by atoms with Crippen molar-refractivity contribution in [2.24, 2.45) is 0 Å². The molecule has 3 heterocycles. The van der Waals surface area contributed by atoms with Crippen LogP contribution in [0.4, 0.5) is 0 Å². The van der Waals surface area contributed by atoms with E-state index in [2.05, 4.69) is 15.5 Å². The van der Waals surface area contributed by atoms with Gasteiger partial charge in [-0.2, -0.15) is 0 Å². The SMILES string of the molecule is Cc1noc2nc(C(C)C)cc(C(=O)NC(C)C3CCCO3)c12. The molecule has 23 heavy (non-hydrogen) atoms. The van der Waals surface area contributed by atoms with Crippen LogP contribution in [0.3, 0.4) is 0 Å². The van der Waals surface area contributed by atoms with Gasteiger partial charge < -0.3 is 14.6 Å². The van der Waals surface area contributed by atoms with Gasteiger partial charge in [-0.3, -0.25) is 4.79 Å². The van der Waals surface area contributed by atoms with Crippen LogP contribution in [0.1, 0.15) is 61.3 Å². The molecular weight excluding hydrogens is 294 g/mol. The number of hydrogen-bond acceptors (Lipinski definition) is 5. The van der Waals surface area contributed by atoms with E-state index in [1.165, 1.54) is 0 Å². The van der Waals surface area contributed by atoms with Crippen molar-refractivity contribution < 1.29 is 14.1 Å². The van der Waals surface area contributed by atoms with Gasteiger partial charge in [-0.15, -0.1) is 0 Å². The molecule has 0 aliphatic carbocycles. The Hall–Kier alpha value is -1.95. The molecule has 1 aliphatic heterocycles. The number of amides is 1. The lowest BCUT2D eigenvalue weighted by molar-refractivity contribution is 0.0713. The highest BCUT2D eigenvalue weighted by atomic mass is 16.5. The summed E-state index contributed by atoms with van der Waals surface area (Å²) in [5.74, 6) is 0.0699. The number of nitrogens with zero attached hydrogens (tertiary/aromatic N) is 2. The van der Waals surface area contributed by atoms with E-state index in [1.54, 1.807) is 0 Å². The first kappa shape index (κ1) is 15.9. The van der Waals surface area contributed by atoms with E-state index in [0.29, 0.717) is 22.4 Å². The molecule has 0 radical (unpaired) electrons. The number of nitrogens with one attached hydrogen (secondary N) is 1. The lowest BCUT2D eigenvalue weighted by atomic mass is 10.0. The Morgan fingerprint density at radius 1 is 1.39 bits per heavy atom. The average molecular weight is 317 g/mol. The van der Waals surface area contributed by atoms with Crippen LogP contribution in [-0.4, -0.2) is 34.8 Å². The third kappa shape index (κ3) is 3.08. The lowest BCUT2D eigenvalue weighted by Crippen LogP contribution is -2.41. The van der Waals surface area contributed by atoms with E-state index < -0.39 is 0 Å². The largest absolute Gasteiger partial charge is 0.376 e. The predicted molar refractivity (Wildman–Crippen MR) is 86.5 cm³/mol. The van der Waals surface area contributed by atoms with Gasteiger partial charge in [0.1, 0.15) is 0 Å². The number of rotatable bonds is 4. The normalized spacial score (nSPS) is 19.4. The summed E-state index contributed by atoms with van der Waals surface area (Å²) >= 11 is 0. The van der Waals surface area contributed by atoms with Gasteiger partial charge in [-0.1, -0.05) is 19.0 Å². The predicted octanol–water partition coefficient (Wildman–Crippen LogP) is 2.95. The maximum Gasteiger partial charge on any atom is 0.259 e. The Labute approximate surface area is 135 Å². The summed E-state index contributed by atoms with van der Waals surface area (Å²) in [6, 6.07) is 1.81. The summed E-state index contributed by atoms with van der Waals surface area (Å²) in [4.78, 5) is 17.2. The van der Waals surface area contributed by atoms with Crippen molar-refractivity contribution in [1.29, 1.82) is 0 Å². The van der Waals surface area contributed by atoms with Gasteiger partial charge in [0.2, 0.25) is 0 Å². The van der Waals surface area contributed by atoms with Crippen LogP contribution >= 0.6 is 0 Å². The van der Waals surface area contributed by atoms with Crippen molar-refractivity contribution in [1.82, 2.24) is 15.5 Å². The van der Waals surface area contributed by atoms with Gasteiger partial charge in [0.05, 0.1) is 28.8 Å². The van der Waals surface area contributed by atoms with Crippen LogP contribution in [-0.2, 0) is 4.74 Å². The summed E-state index contributed by atoms with van der Waals surface area (Å²) in [5.41, 5.74) is 2.49. The van der Waals surface area contributed by atoms with Crippen LogP contribution in [0, 0.1) is 6.92 Å². The number of aryl methyl sites for hydroxylation is 1. The molecule has 124 valence electrons. The lowest BCUT2D eigenvalue weighted by Gasteiger charge is -2.20. The van der Waals surface area contributed by atoms with E-state index >= 15 is 0 Å². The van der Waals surface area contributed by atoms with Crippen LogP contribution in [0.25, 0.3) is 11.1 Å². The topological polar surface area (TPSA) is 77.2 Å². The van der Waals surface area contributed by atoms with Crippen molar-refractivity contribution in [2.45, 2.75) is 58.6 Å². The first-order valence-corrected chi connectivity index (χ1v) is 8.16. The fourth-order valence-electron chi connectivity index (χ4n) is 2.96. The molecule has 2 atom stereocenters. The molecule has 1 fully saturated rings. The minimum absolute atomic E-state index is 0.0316. The highest BCUT2D eigenvalue weighted by molar-refractivity contribution is 6.06. The number of carbonyl (C=O) groups excluding carboxylic acids is 1. The summed E-state index contributed by atoms with van der Waals surface area (Å²) in [5, 5.41) is 7.69. The average Bonchev–Trinajstić information content (AvgIpc) is 3.16. The molecule has 1 saturated heterocycles. The van der Waals surface area contributed by atoms with Gasteiger partial charge in [0.15, 0.2) is 0 Å². The first-order chi connectivity index (χ1) is 11.0. The second-order valence-corrected chi connectivity index (χ2v) is 6.51. The van der Waals surface area contributed by atoms with E-state index in [4.69, 9.17) is 9.26 Å². The molecule has 2 unspecified atom stereocenters. The van der Waals surface area contributed by atoms with Crippen molar-refractivity contribution in [3.8, 4) is 0 Å². The molecule has 2 aromatic rings. The summed E-state index contributed by atoms with van der Waals surface area (Å²) in [6.45, 7) is 8.65. The second kappa shape index (κ2) is 6.28. The molecule has 1 N–H and O–H groups in total. The monoisotopic (exact) mass is 317 g/mol. The standard InChI is InChI=1S/C17H23N3O3/c1-9(2)13-8-12(15-11(4)20-23-17(15)19-13)16(21)18-10(3)14-6-5-7-22-14/h8-10,14H,5-7H2,1-4H3,(H,18,21). The van der Waals surface area contributed by atoms with Crippen LogP contribution in [0.5, 0.6) is 0 Å². The van der Waals surface area contributed by atoms with Crippen LogP contribution < -0.4 is 5.32 Å². The zero-order chi connectivity index (χ0) is 16.6. The Kier molecular flexibility index (Phi) is 4.35. The Balaban J connectivity index is 1.93. The highest BCUT2D eigenvalue weighted by Crippen LogP contribution is 2.25. The molecule has 6 nitrogen and oxygen atoms in total. The molecule has 6 heteroatoms. The van der Waals surface area contributed by atoms with Crippen LogP contribution in [0.2, 0.25) is 0 Å². The molecular formula is C17H23N3O3. The minimum Gasteiger partial charge on any atom is -0.376 e. The molecule has 1 aliphatic rings. The number of fused-ring (bicyclic) bond motifs is 1. The maximum absolute atomic E-state index is 12.8. The molecule has 1 amide bonds. The number of pyridine rings is 1. The molecule has 2 aromatic heterocycles. The van der Waals surface area contributed by atoms with Crippen molar-refractivity contribution in [3.05, 3.63) is 23.0 Å². The van der Waals surface area contributed by atoms with E-state index in [9.17, 15) is 4.79 Å². The first-order valence-electron chi connectivity index (χ1n) is 8.16. The Morgan fingerprint density at radius 3 is 2.83 bits per heavy atom. The summed E-state index contributed by atoms with van der Waals surface area (Å²) in [7, 11) is 0. The highest BCUT2D eigenvalue weighted by Gasteiger charge is 2.26. The number of carbonyl (C=O) groups is 1. The smallest absolute Gasteiger partial charge is 0.259 e. The Morgan fingerprint density at radius 2 is 2.17 bits per heavy atom. The molecule has 3 rings (SSSR count). The summed E-state index contributed by atoms with van der Waals surface area (Å²) in [6.07, 6.45) is 2.12. The van der Waals surface area contributed by atoms with Gasteiger partial charge >= 0.3 is 0 Å². The van der Waals surface area contributed by atoms with E-state index in [1.807, 2.05) is 33.8 Å². The van der Waals surface area contributed by atoms with Gasteiger partial charge in [0.25, 0.3) is 11.6 Å². The van der Waals surface area contributed by atoms with Gasteiger partial charge in [-0.25, -0.2) is 4.98 Å². The van der Waals surface area contributed by atoms with Gasteiger partial charge in [-0.05, 0) is 38.7 Å². The second-order valence-electron chi connectivity index (χ2n) is 6.51. The minimum atomic E-state index is -0.131. The van der Waals surface area contributed by atoms with E-state index in [0.717, 1.165) is 25.1 Å². The number of aromatic nitrogens is 2. The van der Waals surface area contributed by atoms with E-state index in [-0.39, 0.29) is 24.0 Å². The zero-order valence-corrected chi connectivity index (χ0v) is 14.0. The quantitative estimate of drug-likeness (QED) is 0.938. The van der Waals surface area contributed by atoms with Crippen molar-refractivity contribution in [2.75, 3.05) is 6.61 Å². The summed E-state index contributed by atoms with van der Waals surface area (Å²) < 4.78 is 10.9. The van der Waals surface area contributed by atoms with Gasteiger partial charge in [0, 0.05) is 12.3 Å².